The standard InChI is InChI=1S/C16H26N4O/c1-13(6-5-9-17)16(21)19-14-7-8-15(18-12-14)20-10-3-2-4-11-20/h7-8,12-13H,2-6,9-11,17H2,1H3,(H,19,21). The van der Waals surface area contributed by atoms with Crippen LogP contribution in [0.25, 0.3) is 0 Å². The third-order valence-electron chi connectivity index (χ3n) is 3.98. The van der Waals surface area contributed by atoms with Crippen molar-refractivity contribution in [1.29, 1.82) is 0 Å². The fourth-order valence-electron chi connectivity index (χ4n) is 2.59. The summed E-state index contributed by atoms with van der Waals surface area (Å²) in [6, 6.07) is 3.93. The van der Waals surface area contributed by atoms with E-state index in [9.17, 15) is 4.79 Å². The summed E-state index contributed by atoms with van der Waals surface area (Å²) in [5.41, 5.74) is 6.23. The Balaban J connectivity index is 1.88. The average Bonchev–Trinajstić information content (AvgIpc) is 2.54. The number of anilines is 2. The molecule has 5 heteroatoms. The van der Waals surface area contributed by atoms with Gasteiger partial charge >= 0.3 is 0 Å². The molecule has 1 aromatic heterocycles. The van der Waals surface area contributed by atoms with E-state index < -0.39 is 0 Å². The summed E-state index contributed by atoms with van der Waals surface area (Å²) in [7, 11) is 0. The number of hydrogen-bond acceptors (Lipinski definition) is 4. The topological polar surface area (TPSA) is 71.2 Å². The lowest BCUT2D eigenvalue weighted by atomic mass is 10.0. The first-order valence-electron chi connectivity index (χ1n) is 7.92. The molecular weight excluding hydrogens is 264 g/mol. The Bertz CT molecular complexity index is 440. The highest BCUT2D eigenvalue weighted by Gasteiger charge is 2.14. The number of nitrogens with zero attached hydrogens (tertiary/aromatic N) is 2. The molecule has 1 atom stereocenters. The molecule has 1 aliphatic rings. The quantitative estimate of drug-likeness (QED) is 0.844. The molecule has 0 saturated carbocycles. The molecule has 1 aliphatic heterocycles. The summed E-state index contributed by atoms with van der Waals surface area (Å²) < 4.78 is 0. The third kappa shape index (κ3) is 4.70. The van der Waals surface area contributed by atoms with E-state index in [1.54, 1.807) is 6.20 Å². The van der Waals surface area contributed by atoms with Crippen molar-refractivity contribution in [3.05, 3.63) is 18.3 Å². The normalized spacial score (nSPS) is 16.6. The number of carbonyl (C=O) groups is 1. The molecule has 0 bridgehead atoms. The maximum Gasteiger partial charge on any atom is 0.227 e. The number of rotatable bonds is 6. The van der Waals surface area contributed by atoms with E-state index in [0.717, 1.165) is 37.4 Å². The number of carbonyl (C=O) groups excluding carboxylic acids is 1. The Morgan fingerprint density at radius 1 is 1.38 bits per heavy atom. The van der Waals surface area contributed by atoms with Crippen molar-refractivity contribution in [3.63, 3.8) is 0 Å². The Hall–Kier alpha value is -1.62. The molecule has 3 N–H and O–H groups in total. The van der Waals surface area contributed by atoms with Crippen LogP contribution in [0.5, 0.6) is 0 Å². The van der Waals surface area contributed by atoms with E-state index in [1.807, 2.05) is 19.1 Å². The highest BCUT2D eigenvalue weighted by Crippen LogP contribution is 2.19. The van der Waals surface area contributed by atoms with E-state index in [1.165, 1.54) is 19.3 Å². The first-order chi connectivity index (χ1) is 10.2. The van der Waals surface area contributed by atoms with Crippen LogP contribution in [0, 0.1) is 5.92 Å². The van der Waals surface area contributed by atoms with Gasteiger partial charge in [-0.15, -0.1) is 0 Å². The van der Waals surface area contributed by atoms with Crippen molar-refractivity contribution >= 4 is 17.4 Å². The zero-order valence-corrected chi connectivity index (χ0v) is 12.8. The summed E-state index contributed by atoms with van der Waals surface area (Å²) in [5.74, 6) is 1.02. The molecule has 1 fully saturated rings. The summed E-state index contributed by atoms with van der Waals surface area (Å²) in [5, 5.41) is 2.92. The van der Waals surface area contributed by atoms with Gasteiger partial charge in [0.1, 0.15) is 5.82 Å². The lowest BCUT2D eigenvalue weighted by Gasteiger charge is -2.27. The highest BCUT2D eigenvalue weighted by atomic mass is 16.1. The predicted octanol–water partition coefficient (Wildman–Crippen LogP) is 2.39. The predicted molar refractivity (Wildman–Crippen MR) is 86.4 cm³/mol. The van der Waals surface area contributed by atoms with Crippen LogP contribution in [0.3, 0.4) is 0 Å². The SMILES string of the molecule is CC(CCCN)C(=O)Nc1ccc(N2CCCCC2)nc1. The van der Waals surface area contributed by atoms with Crippen molar-refractivity contribution in [2.24, 2.45) is 11.7 Å². The van der Waals surface area contributed by atoms with Crippen molar-refractivity contribution in [2.45, 2.75) is 39.0 Å². The molecule has 2 rings (SSSR count). The lowest BCUT2D eigenvalue weighted by molar-refractivity contribution is -0.119. The number of aromatic nitrogens is 1. The van der Waals surface area contributed by atoms with Gasteiger partial charge in [-0.1, -0.05) is 6.92 Å². The molecule has 1 saturated heterocycles. The molecule has 2 heterocycles. The van der Waals surface area contributed by atoms with Gasteiger partial charge in [-0.25, -0.2) is 4.98 Å². The third-order valence-corrected chi connectivity index (χ3v) is 3.98. The van der Waals surface area contributed by atoms with Gasteiger partial charge in [0.05, 0.1) is 11.9 Å². The highest BCUT2D eigenvalue weighted by molar-refractivity contribution is 5.92. The fourth-order valence-corrected chi connectivity index (χ4v) is 2.59. The van der Waals surface area contributed by atoms with Gasteiger partial charge in [0.25, 0.3) is 0 Å². The summed E-state index contributed by atoms with van der Waals surface area (Å²) in [6.07, 6.45) is 7.23. The molecule has 0 aliphatic carbocycles. The van der Waals surface area contributed by atoms with Gasteiger partial charge in [0.2, 0.25) is 5.91 Å². The van der Waals surface area contributed by atoms with Gasteiger partial charge in [-0.2, -0.15) is 0 Å². The van der Waals surface area contributed by atoms with Gasteiger partial charge in [-0.3, -0.25) is 4.79 Å². The smallest absolute Gasteiger partial charge is 0.227 e. The fraction of sp³-hybridized carbons (Fsp3) is 0.625. The number of hydrogen-bond donors (Lipinski definition) is 2. The first-order valence-corrected chi connectivity index (χ1v) is 7.92. The molecule has 1 unspecified atom stereocenters. The number of amides is 1. The van der Waals surface area contributed by atoms with Gasteiger partial charge in [0.15, 0.2) is 0 Å². The largest absolute Gasteiger partial charge is 0.357 e. The monoisotopic (exact) mass is 290 g/mol. The second-order valence-electron chi connectivity index (χ2n) is 5.77. The van der Waals surface area contributed by atoms with E-state index >= 15 is 0 Å². The minimum Gasteiger partial charge on any atom is -0.357 e. The second kappa shape index (κ2) is 7.98. The molecule has 0 spiro atoms. The number of pyridine rings is 1. The minimum atomic E-state index is -0.0182. The van der Waals surface area contributed by atoms with Gasteiger partial charge < -0.3 is 16.0 Å². The van der Waals surface area contributed by atoms with E-state index in [0.29, 0.717) is 6.54 Å². The second-order valence-corrected chi connectivity index (χ2v) is 5.77. The van der Waals surface area contributed by atoms with Crippen LogP contribution >= 0.6 is 0 Å². The van der Waals surface area contributed by atoms with Gasteiger partial charge in [-0.05, 0) is 50.8 Å². The van der Waals surface area contributed by atoms with Crippen molar-refractivity contribution in [2.75, 3.05) is 29.9 Å². The molecular formula is C16H26N4O. The summed E-state index contributed by atoms with van der Waals surface area (Å²) >= 11 is 0. The van der Waals surface area contributed by atoms with Crippen molar-refractivity contribution in [1.82, 2.24) is 4.98 Å². The van der Waals surface area contributed by atoms with E-state index in [4.69, 9.17) is 5.73 Å². The zero-order chi connectivity index (χ0) is 15.1. The Morgan fingerprint density at radius 2 is 2.14 bits per heavy atom. The molecule has 0 radical (unpaired) electrons. The van der Waals surface area contributed by atoms with Crippen LogP contribution in [-0.2, 0) is 4.79 Å². The van der Waals surface area contributed by atoms with Crippen LogP contribution < -0.4 is 16.0 Å². The maximum absolute atomic E-state index is 12.0. The van der Waals surface area contributed by atoms with Crippen molar-refractivity contribution in [3.8, 4) is 0 Å². The number of piperidine rings is 1. The molecule has 21 heavy (non-hydrogen) atoms. The van der Waals surface area contributed by atoms with Crippen LogP contribution in [0.1, 0.15) is 39.0 Å². The average molecular weight is 290 g/mol. The maximum atomic E-state index is 12.0. The Morgan fingerprint density at radius 3 is 2.76 bits per heavy atom. The lowest BCUT2D eigenvalue weighted by Crippen LogP contribution is -2.30. The molecule has 0 aromatic carbocycles. The van der Waals surface area contributed by atoms with Crippen LogP contribution in [0.2, 0.25) is 0 Å². The molecule has 5 nitrogen and oxygen atoms in total. The first kappa shape index (κ1) is 15.8. The minimum absolute atomic E-state index is 0.0182. The summed E-state index contributed by atoms with van der Waals surface area (Å²) in [4.78, 5) is 18.8. The number of nitrogens with one attached hydrogen (secondary N) is 1. The van der Waals surface area contributed by atoms with E-state index in [-0.39, 0.29) is 11.8 Å². The van der Waals surface area contributed by atoms with Crippen LogP contribution in [-0.4, -0.2) is 30.5 Å². The molecule has 1 amide bonds. The summed E-state index contributed by atoms with van der Waals surface area (Å²) in [6.45, 7) is 4.72. The van der Waals surface area contributed by atoms with E-state index in [2.05, 4.69) is 15.2 Å². The Labute approximate surface area is 126 Å². The molecule has 1 aromatic rings. The molecule has 116 valence electrons. The van der Waals surface area contributed by atoms with Crippen LogP contribution in [0.15, 0.2) is 18.3 Å². The number of nitrogens with two attached hydrogens (primary N) is 1. The van der Waals surface area contributed by atoms with Gasteiger partial charge in [0, 0.05) is 19.0 Å². The van der Waals surface area contributed by atoms with Crippen LogP contribution in [0.4, 0.5) is 11.5 Å². The van der Waals surface area contributed by atoms with Crippen molar-refractivity contribution < 1.29 is 4.79 Å². The zero-order valence-electron chi connectivity index (χ0n) is 12.8. The Kier molecular flexibility index (Phi) is 5.99.